The van der Waals surface area contributed by atoms with E-state index in [1.807, 2.05) is 0 Å². The van der Waals surface area contributed by atoms with Crippen LogP contribution in [-0.4, -0.2) is 25.3 Å². The Bertz CT molecular complexity index is 360. The Kier molecular flexibility index (Phi) is 3.55. The molecular formula is C11H14O4. The zero-order chi connectivity index (χ0) is 11.4. The molecule has 0 aliphatic heterocycles. The Morgan fingerprint density at radius 3 is 2.47 bits per heavy atom. The van der Waals surface area contributed by atoms with Gasteiger partial charge in [-0.05, 0) is 25.1 Å². The molecule has 0 fully saturated rings. The summed E-state index contributed by atoms with van der Waals surface area (Å²) in [6.07, 6.45) is 0. The lowest BCUT2D eigenvalue weighted by molar-refractivity contribution is -0.138. The molecule has 4 heteroatoms. The lowest BCUT2D eigenvalue weighted by Crippen LogP contribution is -2.09. The largest absolute Gasteiger partial charge is 0.497 e. The van der Waals surface area contributed by atoms with Gasteiger partial charge in [0.1, 0.15) is 11.5 Å². The van der Waals surface area contributed by atoms with E-state index in [1.165, 1.54) is 14.2 Å². The molecule has 1 aromatic carbocycles. The summed E-state index contributed by atoms with van der Waals surface area (Å²) in [5, 5.41) is 8.92. The number of benzene rings is 1. The standard InChI is InChI=1S/C11H14O4/c1-7(11(12)13)9-6-8(14-2)4-5-10(9)15-3/h4-7H,1-3H3,(H,12,13)/t7-/m0/s1. The van der Waals surface area contributed by atoms with Crippen LogP contribution < -0.4 is 9.47 Å². The van der Waals surface area contributed by atoms with Crippen LogP contribution in [0.15, 0.2) is 18.2 Å². The van der Waals surface area contributed by atoms with Crippen molar-refractivity contribution in [1.82, 2.24) is 0 Å². The van der Waals surface area contributed by atoms with Crippen molar-refractivity contribution in [2.45, 2.75) is 12.8 Å². The smallest absolute Gasteiger partial charge is 0.310 e. The van der Waals surface area contributed by atoms with Crippen LogP contribution in [0, 0.1) is 0 Å². The molecule has 15 heavy (non-hydrogen) atoms. The van der Waals surface area contributed by atoms with Gasteiger partial charge in [-0.15, -0.1) is 0 Å². The Morgan fingerprint density at radius 1 is 1.33 bits per heavy atom. The second kappa shape index (κ2) is 4.68. The fourth-order valence-electron chi connectivity index (χ4n) is 1.31. The van der Waals surface area contributed by atoms with Gasteiger partial charge in [-0.1, -0.05) is 0 Å². The highest BCUT2D eigenvalue weighted by atomic mass is 16.5. The average molecular weight is 210 g/mol. The fraction of sp³-hybridized carbons (Fsp3) is 0.364. The molecule has 1 N–H and O–H groups in total. The van der Waals surface area contributed by atoms with E-state index in [1.54, 1.807) is 25.1 Å². The molecule has 1 atom stereocenters. The summed E-state index contributed by atoms with van der Waals surface area (Å²) in [7, 11) is 3.05. The predicted octanol–water partition coefficient (Wildman–Crippen LogP) is 1.89. The molecule has 0 radical (unpaired) electrons. The van der Waals surface area contributed by atoms with Crippen LogP contribution in [0.5, 0.6) is 11.5 Å². The summed E-state index contributed by atoms with van der Waals surface area (Å²) in [5.41, 5.74) is 0.615. The summed E-state index contributed by atoms with van der Waals surface area (Å²) < 4.78 is 10.1. The molecule has 0 aliphatic carbocycles. The minimum Gasteiger partial charge on any atom is -0.497 e. The van der Waals surface area contributed by atoms with Gasteiger partial charge in [0.05, 0.1) is 20.1 Å². The van der Waals surface area contributed by atoms with Gasteiger partial charge in [-0.2, -0.15) is 0 Å². The topological polar surface area (TPSA) is 55.8 Å². The Balaban J connectivity index is 3.16. The first-order chi connectivity index (χ1) is 7.10. The second-order valence-corrected chi connectivity index (χ2v) is 3.17. The summed E-state index contributed by atoms with van der Waals surface area (Å²) in [5.74, 6) is -0.318. The molecule has 0 amide bonds. The van der Waals surface area contributed by atoms with Gasteiger partial charge in [0, 0.05) is 5.56 Å². The lowest BCUT2D eigenvalue weighted by Gasteiger charge is -2.13. The van der Waals surface area contributed by atoms with E-state index in [9.17, 15) is 4.79 Å². The van der Waals surface area contributed by atoms with Crippen LogP contribution in [0.3, 0.4) is 0 Å². The quantitative estimate of drug-likeness (QED) is 0.824. The number of carboxylic acids is 1. The fourth-order valence-corrected chi connectivity index (χ4v) is 1.31. The molecule has 0 unspecified atom stereocenters. The first-order valence-electron chi connectivity index (χ1n) is 4.55. The number of aliphatic carboxylic acids is 1. The number of carbonyl (C=O) groups is 1. The van der Waals surface area contributed by atoms with E-state index in [4.69, 9.17) is 14.6 Å². The number of ether oxygens (including phenoxy) is 2. The Labute approximate surface area is 88.4 Å². The highest BCUT2D eigenvalue weighted by molar-refractivity contribution is 5.77. The van der Waals surface area contributed by atoms with Gasteiger partial charge in [0.25, 0.3) is 0 Å². The number of hydrogen-bond acceptors (Lipinski definition) is 3. The molecule has 1 rings (SSSR count). The maximum absolute atomic E-state index is 10.9. The van der Waals surface area contributed by atoms with Crippen LogP contribution in [0.2, 0.25) is 0 Å². The number of rotatable bonds is 4. The van der Waals surface area contributed by atoms with E-state index in [-0.39, 0.29) is 0 Å². The Morgan fingerprint density at radius 2 is 2.00 bits per heavy atom. The molecule has 0 aliphatic rings. The molecule has 82 valence electrons. The molecule has 0 saturated carbocycles. The highest BCUT2D eigenvalue weighted by Gasteiger charge is 2.18. The average Bonchev–Trinajstić information content (AvgIpc) is 2.27. The molecular weight excluding hydrogens is 196 g/mol. The zero-order valence-electron chi connectivity index (χ0n) is 8.98. The van der Waals surface area contributed by atoms with Gasteiger partial charge in [-0.3, -0.25) is 4.79 Å². The lowest BCUT2D eigenvalue weighted by atomic mass is 10.00. The van der Waals surface area contributed by atoms with Crippen LogP contribution in [0.25, 0.3) is 0 Å². The van der Waals surface area contributed by atoms with E-state index >= 15 is 0 Å². The van der Waals surface area contributed by atoms with Crippen molar-refractivity contribution < 1.29 is 19.4 Å². The van der Waals surface area contributed by atoms with Crippen molar-refractivity contribution in [3.8, 4) is 11.5 Å². The van der Waals surface area contributed by atoms with Crippen LogP contribution in [-0.2, 0) is 4.79 Å². The maximum atomic E-state index is 10.9. The first-order valence-corrected chi connectivity index (χ1v) is 4.55. The molecule has 4 nitrogen and oxygen atoms in total. The summed E-state index contributed by atoms with van der Waals surface area (Å²) >= 11 is 0. The molecule has 0 spiro atoms. The molecule has 0 aromatic heterocycles. The van der Waals surface area contributed by atoms with E-state index in [2.05, 4.69) is 0 Å². The van der Waals surface area contributed by atoms with Crippen molar-refractivity contribution >= 4 is 5.97 Å². The van der Waals surface area contributed by atoms with Crippen molar-refractivity contribution in [2.24, 2.45) is 0 Å². The molecule has 0 bridgehead atoms. The number of methoxy groups -OCH3 is 2. The summed E-state index contributed by atoms with van der Waals surface area (Å²) in [6.45, 7) is 1.61. The van der Waals surface area contributed by atoms with E-state index in [0.29, 0.717) is 17.1 Å². The third-order valence-corrected chi connectivity index (χ3v) is 2.27. The second-order valence-electron chi connectivity index (χ2n) is 3.17. The van der Waals surface area contributed by atoms with Gasteiger partial charge in [0.2, 0.25) is 0 Å². The normalized spacial score (nSPS) is 11.9. The number of carboxylic acid groups (broad SMARTS) is 1. The van der Waals surface area contributed by atoms with Crippen LogP contribution in [0.1, 0.15) is 18.4 Å². The van der Waals surface area contributed by atoms with Crippen molar-refractivity contribution in [3.63, 3.8) is 0 Å². The minimum absolute atomic E-state index is 0.561. The molecule has 0 saturated heterocycles. The van der Waals surface area contributed by atoms with E-state index in [0.717, 1.165) is 0 Å². The predicted molar refractivity (Wildman–Crippen MR) is 55.6 cm³/mol. The monoisotopic (exact) mass is 210 g/mol. The molecule has 0 heterocycles. The third-order valence-electron chi connectivity index (χ3n) is 2.27. The number of hydrogen-bond donors (Lipinski definition) is 1. The SMILES string of the molecule is COc1ccc(OC)c([C@H](C)C(=O)O)c1. The van der Waals surface area contributed by atoms with Gasteiger partial charge < -0.3 is 14.6 Å². The van der Waals surface area contributed by atoms with Crippen molar-refractivity contribution in [1.29, 1.82) is 0 Å². The third kappa shape index (κ3) is 2.40. The van der Waals surface area contributed by atoms with Crippen molar-refractivity contribution in [2.75, 3.05) is 14.2 Å². The summed E-state index contributed by atoms with van der Waals surface area (Å²) in [6, 6.07) is 5.11. The maximum Gasteiger partial charge on any atom is 0.310 e. The summed E-state index contributed by atoms with van der Waals surface area (Å²) in [4.78, 5) is 10.9. The van der Waals surface area contributed by atoms with E-state index < -0.39 is 11.9 Å². The zero-order valence-corrected chi connectivity index (χ0v) is 8.98. The van der Waals surface area contributed by atoms with Crippen molar-refractivity contribution in [3.05, 3.63) is 23.8 Å². The van der Waals surface area contributed by atoms with Gasteiger partial charge in [-0.25, -0.2) is 0 Å². The van der Waals surface area contributed by atoms with Crippen LogP contribution in [0.4, 0.5) is 0 Å². The Hall–Kier alpha value is -1.71. The first kappa shape index (κ1) is 11.4. The molecule has 1 aromatic rings. The minimum atomic E-state index is -0.887. The highest BCUT2D eigenvalue weighted by Crippen LogP contribution is 2.30. The van der Waals surface area contributed by atoms with Gasteiger partial charge in [0.15, 0.2) is 0 Å². The van der Waals surface area contributed by atoms with Gasteiger partial charge >= 0.3 is 5.97 Å². The van der Waals surface area contributed by atoms with Crippen LogP contribution >= 0.6 is 0 Å².